The highest BCUT2D eigenvalue weighted by molar-refractivity contribution is 5.67. The first-order chi connectivity index (χ1) is 11.0. The third kappa shape index (κ3) is 4.49. The number of aliphatic hydroxyl groups is 1. The number of hydrogen-bond donors (Lipinski definition) is 1. The molecule has 2 atom stereocenters. The van der Waals surface area contributed by atoms with E-state index in [1.165, 1.54) is 7.11 Å². The second-order valence-corrected chi connectivity index (χ2v) is 6.16. The van der Waals surface area contributed by atoms with E-state index in [1.807, 2.05) is 38.1 Å². The van der Waals surface area contributed by atoms with Crippen molar-refractivity contribution in [1.82, 2.24) is 4.90 Å². The highest BCUT2D eigenvalue weighted by Crippen LogP contribution is 2.31. The van der Waals surface area contributed by atoms with Gasteiger partial charge in [-0.3, -0.25) is 0 Å². The van der Waals surface area contributed by atoms with Crippen molar-refractivity contribution in [3.8, 4) is 11.8 Å². The van der Waals surface area contributed by atoms with Crippen molar-refractivity contribution in [2.75, 3.05) is 13.7 Å². The smallest absolute Gasteiger partial charge is 0.409 e. The fourth-order valence-corrected chi connectivity index (χ4v) is 3.17. The summed E-state index contributed by atoms with van der Waals surface area (Å²) in [5.41, 5.74) is 1.00. The van der Waals surface area contributed by atoms with Crippen molar-refractivity contribution in [2.24, 2.45) is 0 Å². The van der Waals surface area contributed by atoms with Gasteiger partial charge in [-0.1, -0.05) is 24.0 Å². The summed E-state index contributed by atoms with van der Waals surface area (Å²) in [4.78, 5) is 13.5. The summed E-state index contributed by atoms with van der Waals surface area (Å²) in [5, 5.41) is 10.8. The monoisotopic (exact) mass is 315 g/mol. The number of nitrogens with zero attached hydrogens (tertiary/aromatic N) is 1. The fourth-order valence-electron chi connectivity index (χ4n) is 3.17. The van der Waals surface area contributed by atoms with E-state index in [4.69, 9.17) is 4.74 Å². The molecule has 0 bridgehead atoms. The van der Waals surface area contributed by atoms with Gasteiger partial charge in [0.1, 0.15) is 5.60 Å². The summed E-state index contributed by atoms with van der Waals surface area (Å²) in [6, 6.07) is 7.90. The number of rotatable bonds is 2. The van der Waals surface area contributed by atoms with Gasteiger partial charge in [0.05, 0.1) is 7.11 Å². The first-order valence-corrected chi connectivity index (χ1v) is 8.14. The lowest BCUT2D eigenvalue weighted by Crippen LogP contribution is -2.47. The Bertz CT molecular complexity index is 617. The van der Waals surface area contributed by atoms with E-state index in [2.05, 4.69) is 11.8 Å². The van der Waals surface area contributed by atoms with Gasteiger partial charge in [-0.25, -0.2) is 4.79 Å². The minimum absolute atomic E-state index is 0.0296. The molecule has 1 fully saturated rings. The molecule has 1 amide bonds. The minimum Gasteiger partial charge on any atom is -0.453 e. The molecule has 1 aromatic rings. The van der Waals surface area contributed by atoms with Gasteiger partial charge in [-0.05, 0) is 50.8 Å². The first-order valence-electron chi connectivity index (χ1n) is 8.14. The molecule has 4 nitrogen and oxygen atoms in total. The van der Waals surface area contributed by atoms with Gasteiger partial charge in [0.2, 0.25) is 0 Å². The molecule has 1 aliphatic carbocycles. The molecule has 4 heteroatoms. The van der Waals surface area contributed by atoms with Crippen LogP contribution in [0.25, 0.3) is 0 Å². The second kappa shape index (κ2) is 7.52. The second-order valence-electron chi connectivity index (χ2n) is 6.16. The summed E-state index contributed by atoms with van der Waals surface area (Å²) >= 11 is 0. The molecule has 124 valence electrons. The van der Waals surface area contributed by atoms with Gasteiger partial charge in [0.25, 0.3) is 0 Å². The summed E-state index contributed by atoms with van der Waals surface area (Å²) in [6.45, 7) is 4.51. The quantitative estimate of drug-likeness (QED) is 0.853. The van der Waals surface area contributed by atoms with Gasteiger partial charge < -0.3 is 14.7 Å². The maximum absolute atomic E-state index is 11.9. The summed E-state index contributed by atoms with van der Waals surface area (Å²) < 4.78 is 4.84. The first kappa shape index (κ1) is 17.4. The molecule has 1 aromatic carbocycles. The van der Waals surface area contributed by atoms with Gasteiger partial charge in [-0.2, -0.15) is 0 Å². The van der Waals surface area contributed by atoms with Gasteiger partial charge >= 0.3 is 6.09 Å². The van der Waals surface area contributed by atoms with Crippen molar-refractivity contribution in [3.05, 3.63) is 35.4 Å². The zero-order valence-corrected chi connectivity index (χ0v) is 14.1. The predicted octanol–water partition coefficient (Wildman–Crippen LogP) is 3.11. The minimum atomic E-state index is -1.05. The number of benzene rings is 1. The van der Waals surface area contributed by atoms with Crippen LogP contribution in [0.4, 0.5) is 4.79 Å². The third-order valence-corrected chi connectivity index (χ3v) is 4.35. The van der Waals surface area contributed by atoms with E-state index in [1.54, 1.807) is 4.90 Å². The van der Waals surface area contributed by atoms with Crippen LogP contribution < -0.4 is 0 Å². The van der Waals surface area contributed by atoms with Gasteiger partial charge in [0.15, 0.2) is 0 Å². The molecular formula is C19H25NO3. The zero-order chi connectivity index (χ0) is 16.9. The topological polar surface area (TPSA) is 49.8 Å². The average Bonchev–Trinajstić information content (AvgIpc) is 2.54. The number of hydrogen-bond acceptors (Lipinski definition) is 3. The standard InChI is InChI=1S/C19H25NO3/c1-4-20(18(21)23-3)17-9-6-11-19(22,14-17)12-10-16-8-5-7-15(2)13-16/h5,7-8,13,17,22H,4,6,9,11,14H2,1-3H3. The molecule has 0 aromatic heterocycles. The lowest BCUT2D eigenvalue weighted by Gasteiger charge is -2.38. The van der Waals surface area contributed by atoms with Crippen LogP contribution in [0.2, 0.25) is 0 Å². The SMILES string of the molecule is CCN(C(=O)OC)C1CCCC(O)(C#Cc2cccc(C)c2)C1. The summed E-state index contributed by atoms with van der Waals surface area (Å²) in [7, 11) is 1.39. The molecule has 1 N–H and O–H groups in total. The molecular weight excluding hydrogens is 290 g/mol. The molecule has 0 heterocycles. The van der Waals surface area contributed by atoms with E-state index >= 15 is 0 Å². The highest BCUT2D eigenvalue weighted by Gasteiger charge is 2.37. The number of ether oxygens (including phenoxy) is 1. The van der Waals surface area contributed by atoms with Gasteiger partial charge in [-0.15, -0.1) is 0 Å². The predicted molar refractivity (Wildman–Crippen MR) is 90.0 cm³/mol. The average molecular weight is 315 g/mol. The maximum Gasteiger partial charge on any atom is 0.409 e. The van der Waals surface area contributed by atoms with Crippen LogP contribution in [0.15, 0.2) is 24.3 Å². The lowest BCUT2D eigenvalue weighted by atomic mass is 9.81. The Hall–Kier alpha value is -1.99. The van der Waals surface area contributed by atoms with Crippen LogP contribution in [0, 0.1) is 18.8 Å². The van der Waals surface area contributed by atoms with Crippen LogP contribution in [-0.2, 0) is 4.74 Å². The molecule has 1 aliphatic rings. The zero-order valence-electron chi connectivity index (χ0n) is 14.1. The van der Waals surface area contributed by atoms with Crippen LogP contribution in [-0.4, -0.2) is 41.4 Å². The lowest BCUT2D eigenvalue weighted by molar-refractivity contribution is 0.0149. The van der Waals surface area contributed by atoms with Crippen LogP contribution in [0.1, 0.15) is 43.7 Å². The molecule has 1 saturated carbocycles. The summed E-state index contributed by atoms with van der Waals surface area (Å²) in [5.74, 6) is 6.12. The van der Waals surface area contributed by atoms with Crippen LogP contribution >= 0.6 is 0 Å². The third-order valence-electron chi connectivity index (χ3n) is 4.35. The van der Waals surface area contributed by atoms with Crippen molar-refractivity contribution >= 4 is 6.09 Å². The largest absolute Gasteiger partial charge is 0.453 e. The van der Waals surface area contributed by atoms with Crippen LogP contribution in [0.5, 0.6) is 0 Å². The number of aryl methyl sites for hydroxylation is 1. The molecule has 2 unspecified atom stereocenters. The Morgan fingerprint density at radius 3 is 2.96 bits per heavy atom. The Balaban J connectivity index is 2.14. The Labute approximate surface area is 138 Å². The van der Waals surface area contributed by atoms with Crippen molar-refractivity contribution in [2.45, 2.75) is 51.2 Å². The van der Waals surface area contributed by atoms with Crippen molar-refractivity contribution in [3.63, 3.8) is 0 Å². The van der Waals surface area contributed by atoms with E-state index in [9.17, 15) is 9.90 Å². The van der Waals surface area contributed by atoms with Gasteiger partial charge in [0, 0.05) is 24.6 Å². The fraction of sp³-hybridized carbons (Fsp3) is 0.526. The molecule has 0 saturated heterocycles. The summed E-state index contributed by atoms with van der Waals surface area (Å²) in [6.07, 6.45) is 2.48. The van der Waals surface area contributed by atoms with Crippen molar-refractivity contribution in [1.29, 1.82) is 0 Å². The molecule has 0 aliphatic heterocycles. The molecule has 2 rings (SSSR count). The Morgan fingerprint density at radius 2 is 2.30 bits per heavy atom. The number of carbonyl (C=O) groups excluding carboxylic acids is 1. The Morgan fingerprint density at radius 1 is 1.52 bits per heavy atom. The van der Waals surface area contributed by atoms with Crippen molar-refractivity contribution < 1.29 is 14.6 Å². The number of amides is 1. The molecule has 23 heavy (non-hydrogen) atoms. The molecule has 0 spiro atoms. The van der Waals surface area contributed by atoms with E-state index in [0.29, 0.717) is 19.4 Å². The van der Waals surface area contributed by atoms with Crippen LogP contribution in [0.3, 0.4) is 0 Å². The number of carbonyl (C=O) groups is 1. The van der Waals surface area contributed by atoms with E-state index in [0.717, 1.165) is 24.0 Å². The normalized spacial score (nSPS) is 23.6. The molecule has 0 radical (unpaired) electrons. The highest BCUT2D eigenvalue weighted by atomic mass is 16.5. The van der Waals surface area contributed by atoms with E-state index in [-0.39, 0.29) is 12.1 Å². The van der Waals surface area contributed by atoms with E-state index < -0.39 is 5.60 Å². The Kier molecular flexibility index (Phi) is 5.68. The maximum atomic E-state index is 11.9. The number of methoxy groups -OCH3 is 1.